The fourth-order valence-electron chi connectivity index (χ4n) is 2.03. The molecule has 0 saturated carbocycles. The molecular formula is C18H12F3NO2. The third-order valence-corrected chi connectivity index (χ3v) is 3.25. The first-order valence-corrected chi connectivity index (χ1v) is 6.97. The Morgan fingerprint density at radius 3 is 2.46 bits per heavy atom. The lowest BCUT2D eigenvalue weighted by Crippen LogP contribution is -2.15. The lowest BCUT2D eigenvalue weighted by atomic mass is 10.0. The number of esters is 1. The molecule has 0 saturated heterocycles. The zero-order valence-electron chi connectivity index (χ0n) is 12.5. The summed E-state index contributed by atoms with van der Waals surface area (Å²) < 4.78 is 46.8. The Hall–Kier alpha value is -3.07. The second-order valence-electron chi connectivity index (χ2n) is 4.87. The number of allylic oxidation sites excluding steroid dienone is 1. The molecule has 122 valence electrons. The number of hydrogen-bond donors (Lipinski definition) is 0. The highest BCUT2D eigenvalue weighted by Crippen LogP contribution is 2.23. The molecule has 0 aromatic heterocycles. The number of rotatable bonds is 5. The second-order valence-corrected chi connectivity index (χ2v) is 4.87. The van der Waals surface area contributed by atoms with Gasteiger partial charge in [0.05, 0.1) is 11.6 Å². The van der Waals surface area contributed by atoms with Gasteiger partial charge in [-0.1, -0.05) is 6.08 Å². The van der Waals surface area contributed by atoms with E-state index in [1.807, 2.05) is 6.07 Å². The molecule has 0 aliphatic rings. The predicted molar refractivity (Wildman–Crippen MR) is 80.9 cm³/mol. The van der Waals surface area contributed by atoms with E-state index in [-0.39, 0.29) is 17.7 Å². The molecule has 0 unspecified atom stereocenters. The number of nitrogens with zero attached hydrogens (tertiary/aromatic N) is 1. The number of carbonyl (C=O) groups is 1. The van der Waals surface area contributed by atoms with Crippen molar-refractivity contribution in [3.8, 4) is 11.8 Å². The summed E-state index contributed by atoms with van der Waals surface area (Å²) in [6, 6.07) is 7.97. The summed E-state index contributed by atoms with van der Waals surface area (Å²) in [6.07, 6.45) is 1.89. The average Bonchev–Trinajstić information content (AvgIpc) is 2.57. The molecule has 0 spiro atoms. The lowest BCUT2D eigenvalue weighted by molar-refractivity contribution is 0.0723. The molecule has 0 amide bonds. The SMILES string of the molecule is C=CCCc1cc(F)c(C(=O)Oc2ccc(C#N)cc2)c(F)c1F. The number of hydrogen-bond acceptors (Lipinski definition) is 3. The van der Waals surface area contributed by atoms with E-state index < -0.39 is 29.0 Å². The fraction of sp³-hybridized carbons (Fsp3) is 0.111. The molecule has 6 heteroatoms. The van der Waals surface area contributed by atoms with Gasteiger partial charge in [-0.15, -0.1) is 6.58 Å². The normalized spacial score (nSPS) is 10.1. The molecular weight excluding hydrogens is 319 g/mol. The zero-order chi connectivity index (χ0) is 17.7. The van der Waals surface area contributed by atoms with E-state index in [9.17, 15) is 18.0 Å². The first-order chi connectivity index (χ1) is 11.5. The van der Waals surface area contributed by atoms with Gasteiger partial charge in [-0.05, 0) is 48.7 Å². The fourth-order valence-corrected chi connectivity index (χ4v) is 2.03. The molecule has 0 aliphatic carbocycles. The standard InChI is InChI=1S/C18H12F3NO2/c1-2-3-4-12-9-14(19)15(17(21)16(12)20)18(23)24-13-7-5-11(10-22)6-8-13/h2,5-9H,1,3-4H2. The monoisotopic (exact) mass is 331 g/mol. The van der Waals surface area contributed by atoms with Gasteiger partial charge >= 0.3 is 5.97 Å². The van der Waals surface area contributed by atoms with Gasteiger partial charge in [0, 0.05) is 0 Å². The lowest BCUT2D eigenvalue weighted by Gasteiger charge is -2.09. The Labute approximate surface area is 136 Å². The Kier molecular flexibility index (Phi) is 5.38. The van der Waals surface area contributed by atoms with Crippen LogP contribution in [-0.2, 0) is 6.42 Å². The van der Waals surface area contributed by atoms with E-state index in [1.54, 1.807) is 0 Å². The highest BCUT2D eigenvalue weighted by Gasteiger charge is 2.25. The maximum atomic E-state index is 14.0. The maximum absolute atomic E-state index is 14.0. The van der Waals surface area contributed by atoms with Gasteiger partial charge in [0.15, 0.2) is 11.6 Å². The second kappa shape index (κ2) is 7.47. The minimum atomic E-state index is -1.59. The summed E-state index contributed by atoms with van der Waals surface area (Å²) in [6.45, 7) is 3.45. The van der Waals surface area contributed by atoms with Crippen LogP contribution in [0.1, 0.15) is 27.9 Å². The summed E-state index contributed by atoms with van der Waals surface area (Å²) in [4.78, 5) is 11.9. The predicted octanol–water partition coefficient (Wildman–Crippen LogP) is 4.31. The quantitative estimate of drug-likeness (QED) is 0.355. The van der Waals surface area contributed by atoms with Crippen LogP contribution in [0, 0.1) is 28.8 Å². The van der Waals surface area contributed by atoms with E-state index in [2.05, 4.69) is 6.58 Å². The van der Waals surface area contributed by atoms with Crippen molar-refractivity contribution in [2.24, 2.45) is 0 Å². The first kappa shape index (κ1) is 17.3. The summed E-state index contributed by atoms with van der Waals surface area (Å²) in [7, 11) is 0. The van der Waals surface area contributed by atoms with Crippen LogP contribution in [-0.4, -0.2) is 5.97 Å². The van der Waals surface area contributed by atoms with Crippen LogP contribution in [0.25, 0.3) is 0 Å². The molecule has 2 aromatic carbocycles. The number of benzene rings is 2. The van der Waals surface area contributed by atoms with Gasteiger partial charge in [-0.2, -0.15) is 5.26 Å². The number of ether oxygens (including phenoxy) is 1. The molecule has 0 bridgehead atoms. The van der Waals surface area contributed by atoms with Crippen LogP contribution in [0.2, 0.25) is 0 Å². The minimum absolute atomic E-state index is 0.0195. The van der Waals surface area contributed by atoms with Crippen molar-refractivity contribution < 1.29 is 22.7 Å². The first-order valence-electron chi connectivity index (χ1n) is 6.97. The molecule has 2 rings (SSSR count). The third kappa shape index (κ3) is 3.63. The summed E-state index contributed by atoms with van der Waals surface area (Å²) in [5.41, 5.74) is -0.955. The van der Waals surface area contributed by atoms with E-state index >= 15 is 0 Å². The van der Waals surface area contributed by atoms with Crippen molar-refractivity contribution in [3.05, 3.63) is 77.1 Å². The third-order valence-electron chi connectivity index (χ3n) is 3.25. The highest BCUT2D eigenvalue weighted by molar-refractivity contribution is 5.91. The molecule has 0 atom stereocenters. The maximum Gasteiger partial charge on any atom is 0.349 e. The molecule has 0 radical (unpaired) electrons. The van der Waals surface area contributed by atoms with Gasteiger partial charge in [0.1, 0.15) is 17.1 Å². The van der Waals surface area contributed by atoms with Crippen molar-refractivity contribution in [2.45, 2.75) is 12.8 Å². The van der Waals surface area contributed by atoms with E-state index in [1.165, 1.54) is 30.3 Å². The van der Waals surface area contributed by atoms with Crippen LogP contribution >= 0.6 is 0 Å². The summed E-state index contributed by atoms with van der Waals surface area (Å²) in [5, 5.41) is 8.67. The Bertz CT molecular complexity index is 824. The van der Waals surface area contributed by atoms with E-state index in [4.69, 9.17) is 10.00 Å². The van der Waals surface area contributed by atoms with Gasteiger partial charge in [0.25, 0.3) is 0 Å². The average molecular weight is 331 g/mol. The summed E-state index contributed by atoms with van der Waals surface area (Å²) >= 11 is 0. The molecule has 0 N–H and O–H groups in total. The van der Waals surface area contributed by atoms with Crippen molar-refractivity contribution in [2.75, 3.05) is 0 Å². The molecule has 24 heavy (non-hydrogen) atoms. The number of halogens is 3. The number of carbonyl (C=O) groups excluding carboxylic acids is 1. The van der Waals surface area contributed by atoms with Crippen molar-refractivity contribution in [3.63, 3.8) is 0 Å². The van der Waals surface area contributed by atoms with Crippen LogP contribution < -0.4 is 4.74 Å². The van der Waals surface area contributed by atoms with E-state index in [0.717, 1.165) is 6.07 Å². The molecule has 0 aliphatic heterocycles. The van der Waals surface area contributed by atoms with Gasteiger partial charge < -0.3 is 4.74 Å². The minimum Gasteiger partial charge on any atom is -0.423 e. The molecule has 0 fully saturated rings. The topological polar surface area (TPSA) is 50.1 Å². The zero-order valence-corrected chi connectivity index (χ0v) is 12.5. The van der Waals surface area contributed by atoms with Crippen LogP contribution in [0.3, 0.4) is 0 Å². The van der Waals surface area contributed by atoms with E-state index in [0.29, 0.717) is 12.0 Å². The largest absolute Gasteiger partial charge is 0.423 e. The van der Waals surface area contributed by atoms with Crippen molar-refractivity contribution in [1.82, 2.24) is 0 Å². The molecule has 0 heterocycles. The number of nitriles is 1. The summed E-state index contributed by atoms with van der Waals surface area (Å²) in [5.74, 6) is -5.46. The van der Waals surface area contributed by atoms with Crippen molar-refractivity contribution in [1.29, 1.82) is 5.26 Å². The Morgan fingerprint density at radius 2 is 1.88 bits per heavy atom. The molecule has 3 nitrogen and oxygen atoms in total. The van der Waals surface area contributed by atoms with Crippen LogP contribution in [0.5, 0.6) is 5.75 Å². The van der Waals surface area contributed by atoms with Crippen molar-refractivity contribution >= 4 is 5.97 Å². The number of aryl methyl sites for hydroxylation is 1. The van der Waals surface area contributed by atoms with Gasteiger partial charge in [0.2, 0.25) is 0 Å². The van der Waals surface area contributed by atoms with Crippen LogP contribution in [0.4, 0.5) is 13.2 Å². The Balaban J connectivity index is 2.30. The van der Waals surface area contributed by atoms with Gasteiger partial charge in [-0.3, -0.25) is 0 Å². The van der Waals surface area contributed by atoms with Crippen LogP contribution in [0.15, 0.2) is 43.0 Å². The Morgan fingerprint density at radius 1 is 1.21 bits per heavy atom. The molecule has 2 aromatic rings. The highest BCUT2D eigenvalue weighted by atomic mass is 19.2. The smallest absolute Gasteiger partial charge is 0.349 e. The van der Waals surface area contributed by atoms with Gasteiger partial charge in [-0.25, -0.2) is 18.0 Å².